The van der Waals surface area contributed by atoms with Gasteiger partial charge < -0.3 is 10.0 Å². The Kier molecular flexibility index (Phi) is 4.79. The molecule has 0 spiro atoms. The van der Waals surface area contributed by atoms with Gasteiger partial charge in [-0.25, -0.2) is 4.39 Å². The maximum atomic E-state index is 13.8. The molecule has 3 rings (SSSR count). The number of halogens is 1. The van der Waals surface area contributed by atoms with E-state index in [9.17, 15) is 19.1 Å². The number of thiophene rings is 1. The quantitative estimate of drug-likeness (QED) is 0.885. The Morgan fingerprint density at radius 1 is 1.38 bits per heavy atom. The van der Waals surface area contributed by atoms with Crippen LogP contribution < -0.4 is 0 Å². The normalized spacial score (nSPS) is 19.3. The molecular formula is C19H17FN2O3S. The van der Waals surface area contributed by atoms with Crippen LogP contribution in [-0.2, 0) is 4.79 Å². The molecule has 1 aliphatic rings. The number of hydrogen-bond donors (Lipinski definition) is 1. The van der Waals surface area contributed by atoms with Crippen molar-refractivity contribution in [3.63, 3.8) is 0 Å². The van der Waals surface area contributed by atoms with Crippen molar-refractivity contribution in [3.8, 4) is 6.07 Å². The number of amides is 1. The minimum absolute atomic E-state index is 0.119. The van der Waals surface area contributed by atoms with Crippen LogP contribution >= 0.6 is 11.3 Å². The average molecular weight is 372 g/mol. The summed E-state index contributed by atoms with van der Waals surface area (Å²) in [6.45, 7) is 4.24. The molecule has 1 aliphatic heterocycles. The zero-order chi connectivity index (χ0) is 19.0. The van der Waals surface area contributed by atoms with E-state index >= 15 is 0 Å². The van der Waals surface area contributed by atoms with Gasteiger partial charge in [0.15, 0.2) is 0 Å². The molecule has 1 amide bonds. The van der Waals surface area contributed by atoms with E-state index in [1.165, 1.54) is 17.0 Å². The Hall–Kier alpha value is -2.72. The van der Waals surface area contributed by atoms with Crippen LogP contribution in [0.1, 0.15) is 51.5 Å². The number of rotatable bonds is 4. The van der Waals surface area contributed by atoms with Gasteiger partial charge in [0, 0.05) is 17.0 Å². The van der Waals surface area contributed by atoms with Gasteiger partial charge in [-0.15, -0.1) is 11.3 Å². The molecule has 0 fully saturated rings. The van der Waals surface area contributed by atoms with Crippen molar-refractivity contribution in [2.75, 3.05) is 6.54 Å². The Morgan fingerprint density at radius 2 is 2.12 bits per heavy atom. The van der Waals surface area contributed by atoms with Crippen molar-refractivity contribution in [1.82, 2.24) is 4.90 Å². The topological polar surface area (TPSA) is 81.4 Å². The first kappa shape index (κ1) is 18.1. The molecular weight excluding hydrogens is 355 g/mol. The predicted octanol–water partition coefficient (Wildman–Crippen LogP) is 3.78. The van der Waals surface area contributed by atoms with Gasteiger partial charge in [-0.3, -0.25) is 9.59 Å². The van der Waals surface area contributed by atoms with Gasteiger partial charge in [0.25, 0.3) is 5.91 Å². The smallest absolute Gasteiger partial charge is 0.313 e. The van der Waals surface area contributed by atoms with Crippen molar-refractivity contribution in [3.05, 3.63) is 57.0 Å². The van der Waals surface area contributed by atoms with E-state index in [-0.39, 0.29) is 23.0 Å². The molecule has 2 heterocycles. The minimum Gasteiger partial charge on any atom is -0.481 e. The second-order valence-corrected chi connectivity index (χ2v) is 7.77. The van der Waals surface area contributed by atoms with Gasteiger partial charge in [-0.1, -0.05) is 13.8 Å². The van der Waals surface area contributed by atoms with Crippen molar-refractivity contribution >= 4 is 23.2 Å². The maximum absolute atomic E-state index is 13.8. The van der Waals surface area contributed by atoms with Crippen LogP contribution in [0.25, 0.3) is 0 Å². The first-order valence-corrected chi connectivity index (χ1v) is 8.98. The first-order chi connectivity index (χ1) is 12.3. The van der Waals surface area contributed by atoms with E-state index in [0.29, 0.717) is 16.3 Å². The fraction of sp³-hybridized carbons (Fsp3) is 0.316. The van der Waals surface area contributed by atoms with Gasteiger partial charge in [0.2, 0.25) is 0 Å². The highest BCUT2D eigenvalue weighted by Gasteiger charge is 2.45. The summed E-state index contributed by atoms with van der Waals surface area (Å²) in [6.07, 6.45) is 0. The van der Waals surface area contributed by atoms with Crippen molar-refractivity contribution in [2.45, 2.75) is 25.8 Å². The van der Waals surface area contributed by atoms with Gasteiger partial charge in [0.1, 0.15) is 22.7 Å². The molecule has 7 heteroatoms. The molecule has 2 aromatic rings. The first-order valence-electron chi connectivity index (χ1n) is 8.16. The molecule has 134 valence electrons. The van der Waals surface area contributed by atoms with Crippen LogP contribution in [0.3, 0.4) is 0 Å². The van der Waals surface area contributed by atoms with Gasteiger partial charge in [0.05, 0.1) is 6.04 Å². The molecule has 2 unspecified atom stereocenters. The lowest BCUT2D eigenvalue weighted by molar-refractivity contribution is -0.140. The molecule has 0 bridgehead atoms. The SMILES string of the molecule is CC(C)CN1C(=O)c2ccc(F)cc2C(C(=O)O)C1c1ccc(C#N)s1. The summed E-state index contributed by atoms with van der Waals surface area (Å²) in [6, 6.07) is 8.19. The second-order valence-electron chi connectivity index (χ2n) is 6.66. The number of carbonyl (C=O) groups is 2. The van der Waals surface area contributed by atoms with Crippen molar-refractivity contribution in [2.24, 2.45) is 5.92 Å². The van der Waals surface area contributed by atoms with E-state index in [1.54, 1.807) is 12.1 Å². The van der Waals surface area contributed by atoms with Crippen LogP contribution in [0, 0.1) is 23.1 Å². The largest absolute Gasteiger partial charge is 0.481 e. The number of carbonyl (C=O) groups excluding carboxylic acids is 1. The number of benzene rings is 1. The summed E-state index contributed by atoms with van der Waals surface area (Å²) >= 11 is 1.16. The predicted molar refractivity (Wildman–Crippen MR) is 94.4 cm³/mol. The van der Waals surface area contributed by atoms with Gasteiger partial charge >= 0.3 is 5.97 Å². The Labute approximate surface area is 154 Å². The zero-order valence-electron chi connectivity index (χ0n) is 14.3. The highest BCUT2D eigenvalue weighted by molar-refractivity contribution is 7.12. The summed E-state index contributed by atoms with van der Waals surface area (Å²) in [5.41, 5.74) is 0.396. The minimum atomic E-state index is -1.13. The second kappa shape index (κ2) is 6.89. The Bertz CT molecular complexity index is 916. The third-order valence-corrected chi connectivity index (χ3v) is 5.41. The number of nitriles is 1. The van der Waals surface area contributed by atoms with Crippen LogP contribution in [0.2, 0.25) is 0 Å². The molecule has 0 saturated carbocycles. The number of carboxylic acid groups (broad SMARTS) is 1. The standard InChI is InChI=1S/C19H17FN2O3S/c1-10(2)9-22-17(15-6-4-12(8-21)26-15)16(19(24)25)14-7-11(20)3-5-13(14)18(22)23/h3-7,10,16-17H,9H2,1-2H3,(H,24,25). The summed E-state index contributed by atoms with van der Waals surface area (Å²) in [7, 11) is 0. The maximum Gasteiger partial charge on any atom is 0.313 e. The van der Waals surface area contributed by atoms with Crippen LogP contribution in [0.15, 0.2) is 30.3 Å². The van der Waals surface area contributed by atoms with E-state index in [2.05, 4.69) is 0 Å². The molecule has 1 aromatic carbocycles. The summed E-state index contributed by atoms with van der Waals surface area (Å²) < 4.78 is 13.8. The van der Waals surface area contributed by atoms with Crippen LogP contribution in [0.4, 0.5) is 4.39 Å². The summed E-state index contributed by atoms with van der Waals surface area (Å²) in [5.74, 6) is -3.00. The van der Waals surface area contributed by atoms with Gasteiger partial charge in [-0.05, 0) is 41.8 Å². The fourth-order valence-electron chi connectivity index (χ4n) is 3.36. The molecule has 1 N–H and O–H groups in total. The monoisotopic (exact) mass is 372 g/mol. The lowest BCUT2D eigenvalue weighted by atomic mass is 9.81. The van der Waals surface area contributed by atoms with Crippen molar-refractivity contribution < 1.29 is 19.1 Å². The number of fused-ring (bicyclic) bond motifs is 1. The van der Waals surface area contributed by atoms with Crippen molar-refractivity contribution in [1.29, 1.82) is 5.26 Å². The highest BCUT2D eigenvalue weighted by Crippen LogP contribution is 2.45. The number of aliphatic carboxylic acids is 1. The molecule has 0 saturated heterocycles. The molecule has 0 aliphatic carbocycles. The fourth-order valence-corrected chi connectivity index (χ4v) is 4.32. The van der Waals surface area contributed by atoms with E-state index in [1.807, 2.05) is 19.9 Å². The van der Waals surface area contributed by atoms with E-state index < -0.39 is 23.7 Å². The third-order valence-electron chi connectivity index (χ3n) is 4.35. The van der Waals surface area contributed by atoms with E-state index in [4.69, 9.17) is 5.26 Å². The molecule has 0 radical (unpaired) electrons. The van der Waals surface area contributed by atoms with Crippen LogP contribution in [0.5, 0.6) is 0 Å². The highest BCUT2D eigenvalue weighted by atomic mass is 32.1. The molecule has 5 nitrogen and oxygen atoms in total. The summed E-state index contributed by atoms with van der Waals surface area (Å²) in [5, 5.41) is 19.0. The molecule has 2 atom stereocenters. The molecule has 1 aromatic heterocycles. The average Bonchev–Trinajstić information content (AvgIpc) is 3.04. The summed E-state index contributed by atoms with van der Waals surface area (Å²) in [4.78, 5) is 27.7. The number of carboxylic acids is 1. The molecule has 26 heavy (non-hydrogen) atoms. The Morgan fingerprint density at radius 3 is 2.69 bits per heavy atom. The number of hydrogen-bond acceptors (Lipinski definition) is 4. The number of nitrogens with zero attached hydrogens (tertiary/aromatic N) is 2. The lowest BCUT2D eigenvalue weighted by Gasteiger charge is -2.41. The Balaban J connectivity index is 2.23. The van der Waals surface area contributed by atoms with E-state index in [0.717, 1.165) is 17.4 Å². The lowest BCUT2D eigenvalue weighted by Crippen LogP contribution is -2.46. The van der Waals surface area contributed by atoms with Crippen LogP contribution in [-0.4, -0.2) is 28.4 Å². The zero-order valence-corrected chi connectivity index (χ0v) is 15.1. The third kappa shape index (κ3) is 3.08. The van der Waals surface area contributed by atoms with Gasteiger partial charge in [-0.2, -0.15) is 5.26 Å².